The van der Waals surface area contributed by atoms with Crippen LogP contribution in [0.2, 0.25) is 0 Å². The molecule has 202 valence electrons. The van der Waals surface area contributed by atoms with E-state index in [4.69, 9.17) is 0 Å². The molecule has 2 atom stereocenters. The highest BCUT2D eigenvalue weighted by Crippen LogP contribution is 2.25. The van der Waals surface area contributed by atoms with Crippen molar-refractivity contribution in [3.8, 4) is 0 Å². The lowest BCUT2D eigenvalue weighted by molar-refractivity contribution is -0.139. The average Bonchev–Trinajstić information content (AvgIpc) is 2.91. The lowest BCUT2D eigenvalue weighted by Crippen LogP contribution is -2.52. The predicted molar refractivity (Wildman–Crippen MR) is 154 cm³/mol. The Kier molecular flexibility index (Phi) is 10.1. The normalized spacial score (nSPS) is 12.9. The third-order valence-electron chi connectivity index (χ3n) is 6.37. The summed E-state index contributed by atoms with van der Waals surface area (Å²) in [6, 6.07) is 21.6. The first kappa shape index (κ1) is 29.4. The first-order valence-electron chi connectivity index (χ1n) is 12.5. The van der Waals surface area contributed by atoms with E-state index in [-0.39, 0.29) is 23.4 Å². The monoisotopic (exact) mass is 599 g/mol. The zero-order chi connectivity index (χ0) is 27.9. The number of carbonyl (C=O) groups is 2. The number of anilines is 1. The average molecular weight is 601 g/mol. The summed E-state index contributed by atoms with van der Waals surface area (Å²) in [6.07, 6.45) is 0.746. The van der Waals surface area contributed by atoms with Gasteiger partial charge in [0.25, 0.3) is 10.0 Å². The molecule has 0 spiro atoms. The van der Waals surface area contributed by atoms with Crippen LogP contribution >= 0.6 is 15.9 Å². The van der Waals surface area contributed by atoms with E-state index in [2.05, 4.69) is 21.2 Å². The summed E-state index contributed by atoms with van der Waals surface area (Å²) in [5.41, 5.74) is 2.15. The van der Waals surface area contributed by atoms with E-state index >= 15 is 0 Å². The largest absolute Gasteiger partial charge is 0.352 e. The second kappa shape index (κ2) is 13.1. The van der Waals surface area contributed by atoms with Crippen LogP contribution in [0.4, 0.5) is 5.69 Å². The van der Waals surface area contributed by atoms with Gasteiger partial charge in [-0.05, 0) is 69.2 Å². The molecule has 0 saturated carbocycles. The molecule has 0 aliphatic heterocycles. The van der Waals surface area contributed by atoms with Gasteiger partial charge in [-0.25, -0.2) is 8.42 Å². The van der Waals surface area contributed by atoms with E-state index in [0.717, 1.165) is 26.3 Å². The fourth-order valence-corrected chi connectivity index (χ4v) is 5.49. The highest BCUT2D eigenvalue weighted by molar-refractivity contribution is 9.10. The lowest BCUT2D eigenvalue weighted by atomic mass is 10.1. The first-order chi connectivity index (χ1) is 18.0. The van der Waals surface area contributed by atoms with Gasteiger partial charge in [0.2, 0.25) is 11.8 Å². The molecule has 0 saturated heterocycles. The summed E-state index contributed by atoms with van der Waals surface area (Å²) < 4.78 is 29.5. The maximum Gasteiger partial charge on any atom is 0.264 e. The van der Waals surface area contributed by atoms with Gasteiger partial charge in [-0.2, -0.15) is 0 Å². The number of sulfonamides is 1. The summed E-state index contributed by atoms with van der Waals surface area (Å²) in [5, 5.41) is 2.93. The minimum atomic E-state index is -4.06. The number of hydrogen-bond acceptors (Lipinski definition) is 4. The zero-order valence-electron chi connectivity index (χ0n) is 22.1. The fourth-order valence-electron chi connectivity index (χ4n) is 3.79. The second-order valence-electron chi connectivity index (χ2n) is 9.30. The zero-order valence-corrected chi connectivity index (χ0v) is 24.5. The fraction of sp³-hybridized carbons (Fsp3) is 0.310. The summed E-state index contributed by atoms with van der Waals surface area (Å²) in [7, 11) is -4.06. The molecule has 3 aromatic carbocycles. The predicted octanol–water partition coefficient (Wildman–Crippen LogP) is 5.28. The molecule has 9 heteroatoms. The van der Waals surface area contributed by atoms with Crippen molar-refractivity contribution in [2.24, 2.45) is 0 Å². The number of halogens is 1. The Morgan fingerprint density at radius 1 is 0.921 bits per heavy atom. The summed E-state index contributed by atoms with van der Waals surface area (Å²) in [5.74, 6) is -0.780. The Bertz CT molecular complexity index is 1330. The summed E-state index contributed by atoms with van der Waals surface area (Å²) in [4.78, 5) is 28.5. The maximum absolute atomic E-state index is 13.9. The van der Waals surface area contributed by atoms with Crippen LogP contribution in [0, 0.1) is 6.92 Å². The van der Waals surface area contributed by atoms with Crippen molar-refractivity contribution in [2.45, 2.75) is 57.6 Å². The summed E-state index contributed by atoms with van der Waals surface area (Å²) >= 11 is 3.42. The van der Waals surface area contributed by atoms with E-state index in [1.165, 1.54) is 17.0 Å². The molecular formula is C29H34BrN3O4S. The van der Waals surface area contributed by atoms with Gasteiger partial charge >= 0.3 is 0 Å². The standard InChI is InChI=1S/C29H34BrN3O4S/c1-5-22(3)31-29(35)23(4)32(19-24-13-15-25(30)16-14-24)28(34)20-33(26-17-11-21(2)12-18-26)38(36,37)27-9-7-6-8-10-27/h6-18,22-23H,5,19-20H2,1-4H3,(H,31,35)/t22-,23+/m0/s1. The van der Waals surface area contributed by atoms with Crippen LogP contribution in [-0.4, -0.2) is 43.8 Å². The lowest BCUT2D eigenvalue weighted by Gasteiger charge is -2.32. The third kappa shape index (κ3) is 7.45. The number of rotatable bonds is 11. The van der Waals surface area contributed by atoms with E-state index < -0.39 is 28.5 Å². The van der Waals surface area contributed by atoms with Crippen molar-refractivity contribution < 1.29 is 18.0 Å². The highest BCUT2D eigenvalue weighted by atomic mass is 79.9. The van der Waals surface area contributed by atoms with Crippen LogP contribution < -0.4 is 9.62 Å². The smallest absolute Gasteiger partial charge is 0.264 e. The van der Waals surface area contributed by atoms with Crippen LogP contribution in [-0.2, 0) is 26.2 Å². The van der Waals surface area contributed by atoms with Crippen LogP contribution in [0.5, 0.6) is 0 Å². The molecule has 0 aliphatic rings. The van der Waals surface area contributed by atoms with E-state index in [1.54, 1.807) is 49.4 Å². The molecule has 0 radical (unpaired) electrons. The molecular weight excluding hydrogens is 566 g/mol. The van der Waals surface area contributed by atoms with Gasteiger partial charge in [0, 0.05) is 17.1 Å². The molecule has 0 aromatic heterocycles. The van der Waals surface area contributed by atoms with Crippen molar-refractivity contribution in [3.63, 3.8) is 0 Å². The Labute approximate surface area is 234 Å². The second-order valence-corrected chi connectivity index (χ2v) is 12.1. The Morgan fingerprint density at radius 2 is 1.53 bits per heavy atom. The number of carbonyl (C=O) groups excluding carboxylic acids is 2. The quantitative estimate of drug-likeness (QED) is 0.324. The van der Waals surface area contributed by atoms with Gasteiger partial charge in [0.15, 0.2) is 0 Å². The van der Waals surface area contributed by atoms with Gasteiger partial charge in [-0.15, -0.1) is 0 Å². The highest BCUT2D eigenvalue weighted by Gasteiger charge is 2.32. The van der Waals surface area contributed by atoms with Crippen LogP contribution in [0.25, 0.3) is 0 Å². The number of nitrogens with one attached hydrogen (secondary N) is 1. The Hall–Kier alpha value is -3.17. The van der Waals surface area contributed by atoms with E-state index in [0.29, 0.717) is 5.69 Å². The number of aryl methyl sites for hydroxylation is 1. The van der Waals surface area contributed by atoms with E-state index in [1.807, 2.05) is 45.0 Å². The minimum absolute atomic E-state index is 0.0582. The van der Waals surface area contributed by atoms with Gasteiger partial charge in [-0.3, -0.25) is 13.9 Å². The first-order valence-corrected chi connectivity index (χ1v) is 14.7. The SMILES string of the molecule is CC[C@H](C)NC(=O)[C@@H](C)N(Cc1ccc(Br)cc1)C(=O)CN(c1ccc(C)cc1)S(=O)(=O)c1ccccc1. The van der Waals surface area contributed by atoms with Crippen molar-refractivity contribution in [1.82, 2.24) is 10.2 Å². The minimum Gasteiger partial charge on any atom is -0.352 e. The molecule has 3 aromatic rings. The van der Waals surface area contributed by atoms with Gasteiger partial charge in [0.05, 0.1) is 10.6 Å². The molecule has 7 nitrogen and oxygen atoms in total. The molecule has 0 unspecified atom stereocenters. The maximum atomic E-state index is 13.9. The molecule has 3 rings (SSSR count). The summed E-state index contributed by atoms with van der Waals surface area (Å²) in [6.45, 7) is 7.12. The van der Waals surface area contributed by atoms with Gasteiger partial charge < -0.3 is 10.2 Å². The Morgan fingerprint density at radius 3 is 2.11 bits per heavy atom. The third-order valence-corrected chi connectivity index (χ3v) is 8.68. The van der Waals surface area contributed by atoms with Crippen molar-refractivity contribution in [3.05, 3.63) is 94.5 Å². The molecule has 0 heterocycles. The molecule has 0 aliphatic carbocycles. The van der Waals surface area contributed by atoms with E-state index in [9.17, 15) is 18.0 Å². The number of hydrogen-bond donors (Lipinski definition) is 1. The van der Waals surface area contributed by atoms with Gasteiger partial charge in [0.1, 0.15) is 12.6 Å². The van der Waals surface area contributed by atoms with Crippen LogP contribution in [0.1, 0.15) is 38.3 Å². The van der Waals surface area contributed by atoms with Crippen molar-refractivity contribution in [2.75, 3.05) is 10.8 Å². The van der Waals surface area contributed by atoms with Crippen molar-refractivity contribution >= 4 is 43.5 Å². The molecule has 38 heavy (non-hydrogen) atoms. The topological polar surface area (TPSA) is 86.8 Å². The molecule has 0 fully saturated rings. The molecule has 1 N–H and O–H groups in total. The van der Waals surface area contributed by atoms with Gasteiger partial charge in [-0.1, -0.05) is 70.9 Å². The number of benzene rings is 3. The Balaban J connectivity index is 2.00. The molecule has 0 bridgehead atoms. The van der Waals surface area contributed by atoms with Crippen LogP contribution in [0.15, 0.2) is 88.2 Å². The van der Waals surface area contributed by atoms with Crippen molar-refractivity contribution in [1.29, 1.82) is 0 Å². The molecule has 2 amide bonds. The number of nitrogens with zero attached hydrogens (tertiary/aromatic N) is 2. The number of amides is 2. The van der Waals surface area contributed by atoms with Crippen LogP contribution in [0.3, 0.4) is 0 Å².